The van der Waals surface area contributed by atoms with Gasteiger partial charge in [-0.25, -0.2) is 18.7 Å². The molecule has 7 nitrogen and oxygen atoms in total. The Kier molecular flexibility index (Phi) is 4.70. The summed E-state index contributed by atoms with van der Waals surface area (Å²) in [6.07, 6.45) is 3.66. The molecule has 0 fully saturated rings. The van der Waals surface area contributed by atoms with Gasteiger partial charge in [0.25, 0.3) is 11.5 Å². The molecule has 3 rings (SSSR count). The van der Waals surface area contributed by atoms with Crippen LogP contribution in [0.4, 0.5) is 14.6 Å². The fourth-order valence-electron chi connectivity index (χ4n) is 1.98. The number of aromatic nitrogens is 3. The highest BCUT2D eigenvalue weighted by Crippen LogP contribution is 2.23. The monoisotopic (exact) mass is 358 g/mol. The van der Waals surface area contributed by atoms with Gasteiger partial charge in [0.1, 0.15) is 23.0 Å². The molecule has 0 spiro atoms. The van der Waals surface area contributed by atoms with E-state index < -0.39 is 17.5 Å². The molecule has 0 unspecified atom stereocenters. The molecular formula is C17H12F2N4O3. The Bertz CT molecular complexity index is 1020. The molecule has 1 amide bonds. The van der Waals surface area contributed by atoms with Crippen molar-refractivity contribution >= 4 is 11.7 Å². The van der Waals surface area contributed by atoms with Crippen LogP contribution >= 0.6 is 0 Å². The molecule has 9 heteroatoms. The number of nitrogens with one attached hydrogen (secondary N) is 1. The van der Waals surface area contributed by atoms with Crippen molar-refractivity contribution in [3.63, 3.8) is 0 Å². The first-order valence-electron chi connectivity index (χ1n) is 7.35. The Morgan fingerprint density at radius 3 is 2.50 bits per heavy atom. The summed E-state index contributed by atoms with van der Waals surface area (Å²) in [5.41, 5.74) is -0.283. The minimum absolute atomic E-state index is 0.0519. The van der Waals surface area contributed by atoms with Gasteiger partial charge in [-0.3, -0.25) is 9.59 Å². The molecule has 1 aromatic carbocycles. The quantitative estimate of drug-likeness (QED) is 0.774. The molecular weight excluding hydrogens is 346 g/mol. The number of rotatable bonds is 4. The molecule has 0 bridgehead atoms. The molecule has 0 atom stereocenters. The lowest BCUT2D eigenvalue weighted by Crippen LogP contribution is -2.22. The largest absolute Gasteiger partial charge is 0.456 e. The van der Waals surface area contributed by atoms with Crippen LogP contribution in [0.1, 0.15) is 10.5 Å². The first-order chi connectivity index (χ1) is 12.4. The molecule has 2 heterocycles. The minimum atomic E-state index is -1.02. The van der Waals surface area contributed by atoms with E-state index in [1.54, 1.807) is 0 Å². The van der Waals surface area contributed by atoms with Gasteiger partial charge in [0.15, 0.2) is 11.6 Å². The van der Waals surface area contributed by atoms with Crippen molar-refractivity contribution in [1.82, 2.24) is 14.5 Å². The maximum atomic E-state index is 13.2. The second-order valence-electron chi connectivity index (χ2n) is 5.23. The molecule has 1 N–H and O–H groups in total. The number of pyridine rings is 1. The molecule has 2 aromatic heterocycles. The zero-order valence-corrected chi connectivity index (χ0v) is 13.4. The van der Waals surface area contributed by atoms with Crippen molar-refractivity contribution in [2.45, 2.75) is 0 Å². The van der Waals surface area contributed by atoms with Crippen LogP contribution in [0.25, 0.3) is 0 Å². The van der Waals surface area contributed by atoms with E-state index in [4.69, 9.17) is 4.74 Å². The predicted molar refractivity (Wildman–Crippen MR) is 88.1 cm³/mol. The number of halogens is 2. The number of benzene rings is 1. The Balaban J connectivity index is 1.68. The third kappa shape index (κ3) is 3.89. The number of ether oxygens (including phenoxy) is 1. The number of nitrogens with zero attached hydrogens (tertiary/aromatic N) is 3. The van der Waals surface area contributed by atoms with E-state index in [0.717, 1.165) is 18.3 Å². The maximum Gasteiger partial charge on any atom is 0.276 e. The molecule has 0 aliphatic rings. The van der Waals surface area contributed by atoms with Gasteiger partial charge in [0.2, 0.25) is 0 Å². The summed E-state index contributed by atoms with van der Waals surface area (Å²) < 4.78 is 32.6. The van der Waals surface area contributed by atoms with Crippen LogP contribution < -0.4 is 15.6 Å². The van der Waals surface area contributed by atoms with E-state index >= 15 is 0 Å². The first kappa shape index (κ1) is 17.2. The lowest BCUT2D eigenvalue weighted by Gasteiger charge is -2.08. The number of hydrogen-bond donors (Lipinski definition) is 1. The molecule has 26 heavy (non-hydrogen) atoms. The fraction of sp³-hybridized carbons (Fsp3) is 0.0588. The SMILES string of the molecule is Cn1cc(C(=O)Nc2ccc(Oc3ccc(F)c(F)c3)cn2)ncc1=O. The summed E-state index contributed by atoms with van der Waals surface area (Å²) in [6, 6.07) is 6.11. The van der Waals surface area contributed by atoms with Gasteiger partial charge in [0.05, 0.1) is 12.4 Å². The topological polar surface area (TPSA) is 86.1 Å². The second-order valence-corrected chi connectivity index (χ2v) is 5.23. The van der Waals surface area contributed by atoms with Crippen molar-refractivity contribution in [1.29, 1.82) is 0 Å². The van der Waals surface area contributed by atoms with E-state index in [1.165, 1.54) is 42.2 Å². The fourth-order valence-corrected chi connectivity index (χ4v) is 1.98. The zero-order chi connectivity index (χ0) is 18.7. The average molecular weight is 358 g/mol. The highest BCUT2D eigenvalue weighted by Gasteiger charge is 2.10. The number of carbonyl (C=O) groups is 1. The van der Waals surface area contributed by atoms with Gasteiger partial charge < -0.3 is 14.6 Å². The molecule has 0 radical (unpaired) electrons. The van der Waals surface area contributed by atoms with Gasteiger partial charge in [-0.1, -0.05) is 0 Å². The Morgan fingerprint density at radius 1 is 1.08 bits per heavy atom. The molecule has 0 saturated heterocycles. The summed E-state index contributed by atoms with van der Waals surface area (Å²) in [5, 5.41) is 2.52. The summed E-state index contributed by atoms with van der Waals surface area (Å²) in [7, 11) is 1.50. The van der Waals surface area contributed by atoms with Gasteiger partial charge in [-0.15, -0.1) is 0 Å². The van der Waals surface area contributed by atoms with Gasteiger partial charge in [0, 0.05) is 19.3 Å². The summed E-state index contributed by atoms with van der Waals surface area (Å²) in [5.74, 6) is -1.93. The van der Waals surface area contributed by atoms with Crippen LogP contribution in [0.15, 0.2) is 53.7 Å². The molecule has 0 aliphatic heterocycles. The van der Waals surface area contributed by atoms with E-state index in [9.17, 15) is 18.4 Å². The third-order valence-corrected chi connectivity index (χ3v) is 3.31. The summed E-state index contributed by atoms with van der Waals surface area (Å²) in [4.78, 5) is 31.1. The first-order valence-corrected chi connectivity index (χ1v) is 7.35. The lowest BCUT2D eigenvalue weighted by molar-refractivity contribution is 0.102. The smallest absolute Gasteiger partial charge is 0.276 e. The predicted octanol–water partition coefficient (Wildman–Crippen LogP) is 2.50. The standard InChI is InChI=1S/C17H12F2N4O3/c1-23-9-14(20-8-16(23)24)17(25)22-15-5-3-11(7-21-15)26-10-2-4-12(18)13(19)6-10/h2-9H,1H3,(H,21,22,25). The van der Waals surface area contributed by atoms with Crippen LogP contribution in [-0.2, 0) is 7.05 Å². The van der Waals surface area contributed by atoms with E-state index in [1.807, 2.05) is 0 Å². The highest BCUT2D eigenvalue weighted by molar-refractivity contribution is 6.02. The van der Waals surface area contributed by atoms with Crippen molar-refractivity contribution in [3.8, 4) is 11.5 Å². The van der Waals surface area contributed by atoms with E-state index in [2.05, 4.69) is 15.3 Å². The lowest BCUT2D eigenvalue weighted by atomic mass is 10.3. The Labute approximate surface area is 145 Å². The van der Waals surface area contributed by atoms with Crippen molar-refractivity contribution in [3.05, 3.63) is 76.6 Å². The third-order valence-electron chi connectivity index (χ3n) is 3.31. The second kappa shape index (κ2) is 7.09. The summed E-state index contributed by atoms with van der Waals surface area (Å²) in [6.45, 7) is 0. The van der Waals surface area contributed by atoms with Crippen molar-refractivity contribution < 1.29 is 18.3 Å². The Morgan fingerprint density at radius 2 is 1.85 bits per heavy atom. The van der Waals surface area contributed by atoms with Gasteiger partial charge in [-0.2, -0.15) is 0 Å². The number of hydrogen-bond acceptors (Lipinski definition) is 5. The van der Waals surface area contributed by atoms with E-state index in [0.29, 0.717) is 0 Å². The molecule has 0 aliphatic carbocycles. The van der Waals surface area contributed by atoms with E-state index in [-0.39, 0.29) is 28.6 Å². The average Bonchev–Trinajstić information content (AvgIpc) is 2.62. The number of aryl methyl sites for hydroxylation is 1. The number of anilines is 1. The van der Waals surface area contributed by atoms with Gasteiger partial charge >= 0.3 is 0 Å². The molecule has 3 aromatic rings. The number of carbonyl (C=O) groups excluding carboxylic acids is 1. The maximum absolute atomic E-state index is 13.2. The van der Waals surface area contributed by atoms with Crippen LogP contribution in [0.2, 0.25) is 0 Å². The van der Waals surface area contributed by atoms with Gasteiger partial charge in [-0.05, 0) is 24.3 Å². The zero-order valence-electron chi connectivity index (χ0n) is 13.4. The molecule has 132 valence electrons. The summed E-state index contributed by atoms with van der Waals surface area (Å²) >= 11 is 0. The van der Waals surface area contributed by atoms with Crippen LogP contribution in [0, 0.1) is 11.6 Å². The normalized spacial score (nSPS) is 10.4. The van der Waals surface area contributed by atoms with Crippen LogP contribution in [0.5, 0.6) is 11.5 Å². The van der Waals surface area contributed by atoms with Crippen molar-refractivity contribution in [2.24, 2.45) is 7.05 Å². The van der Waals surface area contributed by atoms with Crippen LogP contribution in [0.3, 0.4) is 0 Å². The Hall–Kier alpha value is -3.62. The minimum Gasteiger partial charge on any atom is -0.456 e. The number of amides is 1. The van der Waals surface area contributed by atoms with Crippen molar-refractivity contribution in [2.75, 3.05) is 5.32 Å². The highest BCUT2D eigenvalue weighted by atomic mass is 19.2. The van der Waals surface area contributed by atoms with Crippen LogP contribution in [-0.4, -0.2) is 20.4 Å². The molecule has 0 saturated carbocycles.